The summed E-state index contributed by atoms with van der Waals surface area (Å²) >= 11 is 6.31. The number of benzene rings is 5. The average molecular weight is 866 g/mol. The maximum Gasteiger partial charge on any atom is 0.295 e. The molecule has 3 N–H and O–H groups in total. The second kappa shape index (κ2) is 16.6. The third-order valence-corrected chi connectivity index (χ3v) is 12.8. The predicted octanol–water partition coefficient (Wildman–Crippen LogP) is 6.97. The van der Waals surface area contributed by atoms with E-state index in [-0.39, 0.29) is 73.7 Å². The molecular weight excluding hydrogens is 830 g/mol. The zero-order chi connectivity index (χ0) is 43.0. The minimum Gasteiger partial charge on any atom is -0.505 e. The fourth-order valence-electron chi connectivity index (χ4n) is 6.59. The summed E-state index contributed by atoms with van der Waals surface area (Å²) in [6, 6.07) is 16.2. The van der Waals surface area contributed by atoms with Crippen LogP contribution >= 0.6 is 11.6 Å². The third kappa shape index (κ3) is 7.89. The highest BCUT2D eigenvalue weighted by molar-refractivity contribution is 7.89. The van der Waals surface area contributed by atoms with Gasteiger partial charge in [0.1, 0.15) is 33.5 Å². The number of azo groups is 1. The Morgan fingerprint density at radius 3 is 2.03 bits per heavy atom. The molecule has 1 aliphatic rings. The van der Waals surface area contributed by atoms with Crippen molar-refractivity contribution in [3.05, 3.63) is 100 Å². The van der Waals surface area contributed by atoms with Crippen LogP contribution in [0, 0.1) is 0 Å². The Morgan fingerprint density at radius 2 is 1.46 bits per heavy atom. The van der Waals surface area contributed by atoms with E-state index >= 15 is 0 Å². The van der Waals surface area contributed by atoms with Crippen molar-refractivity contribution >= 4 is 77.3 Å². The number of phenolic OH excluding ortho intramolecular Hbond substituents is 1. The van der Waals surface area contributed by atoms with E-state index in [2.05, 4.69) is 15.5 Å². The predicted molar refractivity (Wildman–Crippen MR) is 216 cm³/mol. The molecule has 0 unspecified atom stereocenters. The third-order valence-electron chi connectivity index (χ3n) is 9.47. The molecule has 5 aromatic carbocycles. The topological polar surface area (TPSA) is 231 Å². The number of rotatable bonds is 14. The molecule has 308 valence electrons. The number of nitrogens with zero attached hydrogens (tertiary/aromatic N) is 4. The van der Waals surface area contributed by atoms with Crippen LogP contribution in [0.5, 0.6) is 23.0 Å². The van der Waals surface area contributed by atoms with Gasteiger partial charge in [-0.05, 0) is 53.4 Å². The van der Waals surface area contributed by atoms with Crippen molar-refractivity contribution in [2.24, 2.45) is 10.2 Å². The van der Waals surface area contributed by atoms with E-state index in [1.54, 1.807) is 26.0 Å². The van der Waals surface area contributed by atoms with Crippen LogP contribution in [-0.4, -0.2) is 87.8 Å². The number of ether oxygens (including phenoxy) is 3. The van der Waals surface area contributed by atoms with Gasteiger partial charge in [0.05, 0.1) is 60.2 Å². The van der Waals surface area contributed by atoms with Gasteiger partial charge in [-0.2, -0.15) is 12.7 Å². The molecule has 20 heteroatoms. The van der Waals surface area contributed by atoms with Crippen molar-refractivity contribution in [2.45, 2.75) is 30.2 Å². The standard InChI is InChI=1S/C39H36ClN5O12S2/c1-6-44(7-2)58(50,51)23-14-15-30(55-3)29(17-23)42-43-34-33-21(16-26(35(34)46)37(47)41-28-18-27(40)31(56-4)19-32(28)57-5)12-13-22(36(33)59(52,53)54)20-45-38(48)24-10-8-9-11-25(24)39(45)49/h8-19,46H,6-7,20H2,1-5H3,(H,41,47)(H,52,53,54). The first-order chi connectivity index (χ1) is 28.0. The molecule has 0 bridgehead atoms. The molecule has 0 aliphatic carbocycles. The molecule has 0 atom stereocenters. The Balaban J connectivity index is 1.58. The van der Waals surface area contributed by atoms with Gasteiger partial charge in [-0.3, -0.25) is 23.8 Å². The highest BCUT2D eigenvalue weighted by atomic mass is 35.5. The first kappa shape index (κ1) is 42.5. The normalized spacial score (nSPS) is 13.1. The number of fused-ring (bicyclic) bond motifs is 2. The number of carbonyl (C=O) groups is 3. The lowest BCUT2D eigenvalue weighted by Gasteiger charge is -2.19. The SMILES string of the molecule is CCN(CC)S(=O)(=O)c1ccc(OC)c(N=Nc2c(O)c(C(=O)Nc3cc(Cl)c(OC)cc3OC)cc3ccc(CN4C(=O)c5ccccc5C4=O)c(S(=O)(=O)O)c23)c1. The number of phenols is 1. The number of carbonyl (C=O) groups excluding carboxylic acids is 3. The van der Waals surface area contributed by atoms with Crippen LogP contribution in [0.15, 0.2) is 92.8 Å². The van der Waals surface area contributed by atoms with E-state index in [0.29, 0.717) is 0 Å². The lowest BCUT2D eigenvalue weighted by molar-refractivity contribution is 0.0640. The first-order valence-electron chi connectivity index (χ1n) is 17.6. The number of sulfonamides is 1. The van der Waals surface area contributed by atoms with E-state index in [1.807, 2.05) is 0 Å². The molecule has 0 saturated carbocycles. The maximum atomic E-state index is 14.0. The maximum absolute atomic E-state index is 14.0. The molecule has 3 amide bonds. The molecule has 6 rings (SSSR count). The van der Waals surface area contributed by atoms with Crippen molar-refractivity contribution in [3.63, 3.8) is 0 Å². The van der Waals surface area contributed by atoms with Gasteiger partial charge in [0, 0.05) is 24.5 Å². The summed E-state index contributed by atoms with van der Waals surface area (Å²) in [6.45, 7) is 3.00. The van der Waals surface area contributed by atoms with Gasteiger partial charge in [0.2, 0.25) is 10.0 Å². The van der Waals surface area contributed by atoms with Crippen LogP contribution in [0.25, 0.3) is 10.8 Å². The van der Waals surface area contributed by atoms with Crippen LogP contribution in [0.2, 0.25) is 5.02 Å². The lowest BCUT2D eigenvalue weighted by Crippen LogP contribution is -2.30. The van der Waals surface area contributed by atoms with Crippen LogP contribution in [0.3, 0.4) is 0 Å². The molecule has 0 spiro atoms. The molecule has 0 saturated heterocycles. The van der Waals surface area contributed by atoms with Crippen LogP contribution in [-0.2, 0) is 26.7 Å². The number of hydrogen-bond donors (Lipinski definition) is 3. The number of hydrogen-bond acceptors (Lipinski definition) is 13. The van der Waals surface area contributed by atoms with E-state index in [0.717, 1.165) is 17.0 Å². The van der Waals surface area contributed by atoms with Crippen LogP contribution < -0.4 is 19.5 Å². The largest absolute Gasteiger partial charge is 0.505 e. The second-order valence-electron chi connectivity index (χ2n) is 12.8. The summed E-state index contributed by atoms with van der Waals surface area (Å²) in [5.74, 6) is -2.96. The average Bonchev–Trinajstić information content (AvgIpc) is 3.44. The summed E-state index contributed by atoms with van der Waals surface area (Å²) in [7, 11) is -5.34. The lowest BCUT2D eigenvalue weighted by atomic mass is 10.00. The van der Waals surface area contributed by atoms with Crippen molar-refractivity contribution < 1.29 is 55.1 Å². The number of nitrogens with one attached hydrogen (secondary N) is 1. The summed E-state index contributed by atoms with van der Waals surface area (Å²) in [4.78, 5) is 40.3. The molecule has 0 aromatic heterocycles. The number of anilines is 1. The quantitative estimate of drug-likeness (QED) is 0.0584. The zero-order valence-corrected chi connectivity index (χ0v) is 34.4. The smallest absolute Gasteiger partial charge is 0.295 e. The van der Waals surface area contributed by atoms with Crippen molar-refractivity contribution in [1.29, 1.82) is 0 Å². The fourth-order valence-corrected chi connectivity index (χ4v) is 9.25. The molecule has 0 fully saturated rings. The highest BCUT2D eigenvalue weighted by Gasteiger charge is 2.37. The Labute approximate surface area is 343 Å². The molecule has 0 radical (unpaired) electrons. The Morgan fingerprint density at radius 1 is 0.831 bits per heavy atom. The van der Waals surface area contributed by atoms with Gasteiger partial charge in [-0.15, -0.1) is 10.2 Å². The minimum atomic E-state index is -5.30. The number of aromatic hydroxyl groups is 1. The molecule has 17 nitrogen and oxygen atoms in total. The van der Waals surface area contributed by atoms with Crippen LogP contribution in [0.4, 0.5) is 17.1 Å². The van der Waals surface area contributed by atoms with Gasteiger partial charge in [-0.1, -0.05) is 49.7 Å². The zero-order valence-electron chi connectivity index (χ0n) is 32.0. The van der Waals surface area contributed by atoms with Crippen LogP contribution in [0.1, 0.15) is 50.5 Å². The Kier molecular flexibility index (Phi) is 12.0. The summed E-state index contributed by atoms with van der Waals surface area (Å²) in [6.07, 6.45) is 0. The van der Waals surface area contributed by atoms with Crippen molar-refractivity contribution in [1.82, 2.24) is 9.21 Å². The minimum absolute atomic E-state index is 0.0229. The molecule has 1 heterocycles. The summed E-state index contributed by atoms with van der Waals surface area (Å²) < 4.78 is 81.6. The molecule has 59 heavy (non-hydrogen) atoms. The number of amides is 3. The van der Waals surface area contributed by atoms with Crippen molar-refractivity contribution in [3.8, 4) is 23.0 Å². The Bertz CT molecular complexity index is 2780. The summed E-state index contributed by atoms with van der Waals surface area (Å²) in [5.41, 5.74) is -1.37. The first-order valence-corrected chi connectivity index (χ1v) is 20.8. The molecule has 1 aliphatic heterocycles. The molecule has 5 aromatic rings. The summed E-state index contributed by atoms with van der Waals surface area (Å²) in [5, 5.41) is 22.4. The van der Waals surface area contributed by atoms with Gasteiger partial charge in [0.25, 0.3) is 27.8 Å². The van der Waals surface area contributed by atoms with E-state index in [4.69, 9.17) is 25.8 Å². The second-order valence-corrected chi connectivity index (χ2v) is 16.5. The van der Waals surface area contributed by atoms with E-state index < -0.39 is 71.7 Å². The Hall–Kier alpha value is -6.12. The molecular formula is C39H36ClN5O12S2. The van der Waals surface area contributed by atoms with Gasteiger partial charge in [0.15, 0.2) is 5.75 Å². The van der Waals surface area contributed by atoms with Gasteiger partial charge in [-0.25, -0.2) is 8.42 Å². The number of halogens is 1. The van der Waals surface area contributed by atoms with Gasteiger partial charge >= 0.3 is 0 Å². The van der Waals surface area contributed by atoms with E-state index in [9.17, 15) is 40.9 Å². The number of methoxy groups -OCH3 is 3. The van der Waals surface area contributed by atoms with E-state index in [1.165, 1.54) is 74.2 Å². The van der Waals surface area contributed by atoms with Gasteiger partial charge < -0.3 is 24.6 Å². The number of imide groups is 1. The fraction of sp³-hybridized carbons (Fsp3) is 0.205. The monoisotopic (exact) mass is 865 g/mol. The van der Waals surface area contributed by atoms with Crippen molar-refractivity contribution in [2.75, 3.05) is 39.7 Å². The highest BCUT2D eigenvalue weighted by Crippen LogP contribution is 2.45.